The highest BCUT2D eigenvalue weighted by Gasteiger charge is 2.05. The van der Waals surface area contributed by atoms with Crippen molar-refractivity contribution in [3.8, 4) is 0 Å². The number of aryl methyl sites for hydroxylation is 2. The van der Waals surface area contributed by atoms with E-state index in [1.54, 1.807) is 13.8 Å². The number of hydrogen-bond acceptors (Lipinski definition) is 9. The van der Waals surface area contributed by atoms with Crippen molar-refractivity contribution in [3.05, 3.63) is 44.2 Å². The molecule has 0 saturated carbocycles. The molecule has 0 atom stereocenters. The second-order valence-electron chi connectivity index (χ2n) is 10.0. The van der Waals surface area contributed by atoms with Gasteiger partial charge >= 0.3 is 12.1 Å². The third-order valence-corrected chi connectivity index (χ3v) is 6.36. The molecule has 2 heterocycles. The Morgan fingerprint density at radius 2 is 1.15 bits per heavy atom. The third-order valence-electron chi connectivity index (χ3n) is 5.63. The van der Waals surface area contributed by atoms with Gasteiger partial charge in [0.05, 0.1) is 0 Å². The number of ketones is 1. The maximum atomic E-state index is 11.6. The van der Waals surface area contributed by atoms with Gasteiger partial charge in [0, 0.05) is 67.6 Å². The second kappa shape index (κ2) is 29.9. The Hall–Kier alpha value is -3.24. The molecular formula is C29H47Cl4N9O6. The molecule has 2 rings (SSSR count). The van der Waals surface area contributed by atoms with E-state index in [0.29, 0.717) is 68.5 Å². The van der Waals surface area contributed by atoms with Crippen LogP contribution in [0, 0.1) is 13.8 Å². The first-order chi connectivity index (χ1) is 22.4. The average Bonchev–Trinajstić information content (AvgIpc) is 2.98. The Bertz CT molecular complexity index is 1340. The fourth-order valence-electron chi connectivity index (χ4n) is 3.47. The van der Waals surface area contributed by atoms with Crippen LogP contribution in [0.2, 0.25) is 0 Å². The molecule has 272 valence electrons. The molecule has 0 aliphatic heterocycles. The fourth-order valence-corrected chi connectivity index (χ4v) is 3.87. The van der Waals surface area contributed by atoms with E-state index < -0.39 is 12.1 Å². The molecule has 48 heavy (non-hydrogen) atoms. The van der Waals surface area contributed by atoms with Gasteiger partial charge in [-0.05, 0) is 70.5 Å². The Balaban J connectivity index is 0. The number of urea groups is 2. The number of nitrogens with zero attached hydrogens (tertiary/aromatic N) is 2. The molecule has 4 amide bonds. The number of nitrogens with two attached hydrogens (primary N) is 1. The van der Waals surface area contributed by atoms with Crippen LogP contribution < -0.4 is 38.1 Å². The number of carbonyl (C=O) groups excluding carboxylic acids is 4. The normalized spacial score (nSPS) is 9.79. The number of hydrogen-bond donors (Lipinski definition) is 7. The first-order valence-corrected chi connectivity index (χ1v) is 16.6. The maximum absolute atomic E-state index is 11.6. The number of carbonyl (C=O) groups is 4. The van der Waals surface area contributed by atoms with Crippen LogP contribution in [-0.2, 0) is 9.59 Å². The smallest absolute Gasteiger partial charge is 0.321 e. The monoisotopic (exact) mass is 757 g/mol. The van der Waals surface area contributed by atoms with Crippen molar-refractivity contribution in [2.45, 2.75) is 78.1 Å². The average molecular weight is 760 g/mol. The Kier molecular flexibility index (Phi) is 29.2. The molecule has 0 aliphatic carbocycles. The lowest BCUT2D eigenvalue weighted by molar-refractivity contribution is -0.119. The number of alkyl halides is 2. The Labute approximate surface area is 301 Å². The van der Waals surface area contributed by atoms with Crippen molar-refractivity contribution in [2.75, 3.05) is 42.0 Å². The first-order valence-electron chi connectivity index (χ1n) is 15.2. The summed E-state index contributed by atoms with van der Waals surface area (Å²) >= 11 is 15.7. The number of unbranched alkanes of at least 4 members (excludes halogenated alkanes) is 3. The van der Waals surface area contributed by atoms with E-state index in [1.165, 1.54) is 12.1 Å². The zero-order valence-corrected chi connectivity index (χ0v) is 30.3. The number of H-pyrrole nitrogens is 2. The highest BCUT2D eigenvalue weighted by atomic mass is 35.5. The summed E-state index contributed by atoms with van der Waals surface area (Å²) in [4.78, 5) is 79.5. The molecular weight excluding hydrogens is 712 g/mol. The molecule has 0 fully saturated rings. The zero-order chi connectivity index (χ0) is 35.5. The number of amides is 4. The number of anilines is 2. The predicted molar refractivity (Wildman–Crippen MR) is 193 cm³/mol. The summed E-state index contributed by atoms with van der Waals surface area (Å²) < 4.78 is 0. The maximum Gasteiger partial charge on any atom is 0.321 e. The van der Waals surface area contributed by atoms with Crippen molar-refractivity contribution in [3.63, 3.8) is 0 Å². The summed E-state index contributed by atoms with van der Waals surface area (Å²) in [5.41, 5.74) is 5.79. The third kappa shape index (κ3) is 27.8. The van der Waals surface area contributed by atoms with Crippen LogP contribution in [-0.4, -0.2) is 74.4 Å². The van der Waals surface area contributed by atoms with Gasteiger partial charge in [0.1, 0.15) is 5.78 Å². The number of Topliss-reactive ketones (excluding diaryl/α,β-unsaturated/α-hetero) is 1. The van der Waals surface area contributed by atoms with Gasteiger partial charge in [-0.15, -0.1) is 35.6 Å². The van der Waals surface area contributed by atoms with Crippen molar-refractivity contribution in [1.82, 2.24) is 30.6 Å². The molecule has 0 radical (unpaired) electrons. The molecule has 8 N–H and O–H groups in total. The minimum atomic E-state index is -0.420. The zero-order valence-electron chi connectivity index (χ0n) is 27.2. The van der Waals surface area contributed by atoms with Crippen molar-refractivity contribution >= 4 is 82.2 Å². The van der Waals surface area contributed by atoms with Gasteiger partial charge < -0.3 is 16.4 Å². The SMILES string of the molecule is Cc1cc(=O)[nH]c(NC(=O)NCCCCCC(=O)CCCCl)n1.Cc1cc(=O)[nH]c(NC(=O)NCCCCN)n1.Cl.O=C(Cl)CCCCl. The lowest BCUT2D eigenvalue weighted by atomic mass is 10.1. The summed E-state index contributed by atoms with van der Waals surface area (Å²) in [6.07, 6.45) is 7.08. The van der Waals surface area contributed by atoms with E-state index in [-0.39, 0.29) is 46.4 Å². The van der Waals surface area contributed by atoms with E-state index in [1.807, 2.05) is 0 Å². The topological polar surface area (TPSA) is 234 Å². The summed E-state index contributed by atoms with van der Waals surface area (Å²) in [5.74, 6) is 1.54. The minimum Gasteiger partial charge on any atom is -0.338 e. The molecule has 0 aromatic carbocycles. The van der Waals surface area contributed by atoms with Gasteiger partial charge in [-0.1, -0.05) is 6.42 Å². The number of halogens is 4. The van der Waals surface area contributed by atoms with Gasteiger partial charge in [-0.2, -0.15) is 0 Å². The van der Waals surface area contributed by atoms with Gasteiger partial charge in [-0.25, -0.2) is 19.6 Å². The highest BCUT2D eigenvalue weighted by molar-refractivity contribution is 6.63. The van der Waals surface area contributed by atoms with Crippen LogP contribution in [0.4, 0.5) is 21.5 Å². The molecule has 2 aromatic heterocycles. The lowest BCUT2D eigenvalue weighted by Crippen LogP contribution is -2.31. The lowest BCUT2D eigenvalue weighted by Gasteiger charge is -2.07. The van der Waals surface area contributed by atoms with Crippen molar-refractivity contribution in [2.24, 2.45) is 5.73 Å². The van der Waals surface area contributed by atoms with Crippen LogP contribution in [0.1, 0.15) is 75.6 Å². The van der Waals surface area contributed by atoms with Gasteiger partial charge in [-0.3, -0.25) is 39.8 Å². The number of nitrogens with one attached hydrogen (secondary N) is 6. The molecule has 19 heteroatoms. The van der Waals surface area contributed by atoms with Gasteiger partial charge in [0.15, 0.2) is 0 Å². The van der Waals surface area contributed by atoms with E-state index >= 15 is 0 Å². The summed E-state index contributed by atoms with van der Waals surface area (Å²) in [6.45, 7) is 5.00. The summed E-state index contributed by atoms with van der Waals surface area (Å²) in [6, 6.07) is 1.88. The van der Waals surface area contributed by atoms with Crippen LogP contribution >= 0.6 is 47.2 Å². The van der Waals surface area contributed by atoms with Crippen molar-refractivity contribution < 1.29 is 19.2 Å². The Morgan fingerprint density at radius 1 is 0.708 bits per heavy atom. The van der Waals surface area contributed by atoms with E-state index in [9.17, 15) is 28.8 Å². The second-order valence-corrected chi connectivity index (χ2v) is 11.2. The van der Waals surface area contributed by atoms with E-state index in [4.69, 9.17) is 40.5 Å². The molecule has 0 saturated heterocycles. The van der Waals surface area contributed by atoms with Crippen LogP contribution in [0.5, 0.6) is 0 Å². The predicted octanol–water partition coefficient (Wildman–Crippen LogP) is 4.48. The molecule has 0 aliphatic rings. The molecule has 0 unspecified atom stereocenters. The Morgan fingerprint density at radius 3 is 1.54 bits per heavy atom. The molecule has 15 nitrogen and oxygen atoms in total. The van der Waals surface area contributed by atoms with Crippen LogP contribution in [0.25, 0.3) is 0 Å². The fraction of sp³-hybridized carbons (Fsp3) is 0.586. The van der Waals surface area contributed by atoms with Gasteiger partial charge in [0.25, 0.3) is 11.1 Å². The minimum absolute atomic E-state index is 0. The van der Waals surface area contributed by atoms with Crippen LogP contribution in [0.15, 0.2) is 21.7 Å². The summed E-state index contributed by atoms with van der Waals surface area (Å²) in [5, 5.41) is 9.94. The highest BCUT2D eigenvalue weighted by Crippen LogP contribution is 2.04. The number of aromatic amines is 2. The quantitative estimate of drug-likeness (QED) is 0.0644. The van der Waals surface area contributed by atoms with Gasteiger partial charge in [0.2, 0.25) is 17.1 Å². The first kappa shape index (κ1) is 46.9. The standard InChI is InChI=1S/C15H23ClN4O3.C10H17N5O2.C4H6Cl2O.ClH/c1-11-10-13(22)19-14(18-11)20-15(23)17-9-4-2-3-6-12(21)7-5-8-16;1-7-6-8(16)14-9(13-7)15-10(17)12-5-3-2-4-11;5-3-1-2-4(6)7;/h10H,2-9H2,1H3,(H3,17,18,19,20,22,23);6H,2-5,11H2,1H3,(H3,12,13,14,15,16,17);1-3H2;1H. The molecule has 2 aromatic rings. The largest absolute Gasteiger partial charge is 0.338 e. The summed E-state index contributed by atoms with van der Waals surface area (Å²) in [7, 11) is 0. The molecule has 0 bridgehead atoms. The number of rotatable bonds is 18. The van der Waals surface area contributed by atoms with Crippen LogP contribution in [0.3, 0.4) is 0 Å². The molecule has 0 spiro atoms. The van der Waals surface area contributed by atoms with Crippen molar-refractivity contribution in [1.29, 1.82) is 0 Å². The van der Waals surface area contributed by atoms with E-state index in [0.717, 1.165) is 38.5 Å². The number of aromatic nitrogens is 4. The van der Waals surface area contributed by atoms with E-state index in [2.05, 4.69) is 41.2 Å².